The van der Waals surface area contributed by atoms with Crippen LogP contribution in [0.25, 0.3) is 0 Å². The maximum atomic E-state index is 5.48. The third kappa shape index (κ3) is 6.53. The van der Waals surface area contributed by atoms with E-state index in [1.165, 1.54) is 27.0 Å². The molecule has 0 fully saturated rings. The molecule has 3 heteroatoms. The number of aryl methyl sites for hydroxylation is 1. The molecule has 1 aromatic heterocycles. The minimum Gasteiger partial charge on any atom is -0.381 e. The quantitative estimate of drug-likeness (QED) is 0.507. The lowest BCUT2D eigenvalue weighted by Gasteiger charge is -2.02. The minimum atomic E-state index is 0.875. The van der Waals surface area contributed by atoms with E-state index in [9.17, 15) is 0 Å². The summed E-state index contributed by atoms with van der Waals surface area (Å²) < 4.78 is 6.86. The van der Waals surface area contributed by atoms with Crippen LogP contribution < -0.4 is 0 Å². The van der Waals surface area contributed by atoms with E-state index in [1.54, 1.807) is 0 Å². The molecule has 0 aliphatic carbocycles. The zero-order valence-electron chi connectivity index (χ0n) is 9.01. The van der Waals surface area contributed by atoms with Crippen LogP contribution in [-0.2, 0) is 11.2 Å². The summed E-state index contributed by atoms with van der Waals surface area (Å²) in [5.41, 5.74) is 0. The summed E-state index contributed by atoms with van der Waals surface area (Å²) in [6.45, 7) is 5.56. The molecule has 0 amide bonds. The first-order chi connectivity index (χ1) is 7.33. The summed E-state index contributed by atoms with van der Waals surface area (Å²) in [5.74, 6) is 0. The molecule has 1 rings (SSSR count). The number of rotatable bonds is 8. The van der Waals surface area contributed by atoms with E-state index in [-0.39, 0.29) is 0 Å². The molecule has 0 aliphatic rings. The molecule has 0 bridgehead atoms. The average Bonchev–Trinajstić information content (AvgIpc) is 2.63. The Hall–Kier alpha value is 0.390. The third-order valence-electron chi connectivity index (χ3n) is 2.13. The summed E-state index contributed by atoms with van der Waals surface area (Å²) in [5, 5.41) is 0. The van der Waals surface area contributed by atoms with Gasteiger partial charge in [-0.1, -0.05) is 13.3 Å². The van der Waals surface area contributed by atoms with Gasteiger partial charge in [-0.05, 0) is 60.4 Å². The molecule has 1 aromatic rings. The van der Waals surface area contributed by atoms with Crippen LogP contribution in [0.2, 0.25) is 0 Å². The highest BCUT2D eigenvalue weighted by Gasteiger charge is 1.97. The number of hydrogen-bond acceptors (Lipinski definition) is 2. The number of halogens is 1. The van der Waals surface area contributed by atoms with E-state index < -0.39 is 0 Å². The first-order valence-corrected chi connectivity index (χ1v) is 7.33. The van der Waals surface area contributed by atoms with Crippen molar-refractivity contribution < 1.29 is 4.74 Å². The van der Waals surface area contributed by atoms with Gasteiger partial charge in [0.05, 0.1) is 2.88 Å². The van der Waals surface area contributed by atoms with Crippen molar-refractivity contribution in [3.8, 4) is 0 Å². The van der Waals surface area contributed by atoms with E-state index in [2.05, 4.69) is 41.6 Å². The Morgan fingerprint density at radius 3 is 2.67 bits per heavy atom. The maximum Gasteiger partial charge on any atom is 0.0656 e. The second-order valence-electron chi connectivity index (χ2n) is 3.48. The first kappa shape index (κ1) is 13.5. The second-order valence-corrected chi connectivity index (χ2v) is 6.54. The van der Waals surface area contributed by atoms with Crippen LogP contribution in [0, 0.1) is 9.81 Å². The number of hydrogen-bond donors (Lipinski definition) is 0. The fraction of sp³-hybridized carbons (Fsp3) is 0.583. The van der Waals surface area contributed by atoms with Gasteiger partial charge in [-0.15, -0.1) is 11.3 Å². The molecule has 0 N–H and O–H groups in total. The van der Waals surface area contributed by atoms with E-state index in [4.69, 9.17) is 4.74 Å². The van der Waals surface area contributed by atoms with Gasteiger partial charge < -0.3 is 4.74 Å². The van der Waals surface area contributed by atoms with Gasteiger partial charge in [0.25, 0.3) is 0 Å². The SMILES string of the molecule is [CH2]CCCOCCCCc1ccc(I)s1. The lowest BCUT2D eigenvalue weighted by Crippen LogP contribution is -1.97. The van der Waals surface area contributed by atoms with Crippen molar-refractivity contribution in [1.82, 2.24) is 0 Å². The largest absolute Gasteiger partial charge is 0.381 e. The zero-order valence-corrected chi connectivity index (χ0v) is 12.0. The topological polar surface area (TPSA) is 9.23 Å². The Labute approximate surface area is 110 Å². The van der Waals surface area contributed by atoms with Gasteiger partial charge in [0, 0.05) is 18.1 Å². The Balaban J connectivity index is 1.93. The van der Waals surface area contributed by atoms with Gasteiger partial charge >= 0.3 is 0 Å². The molecule has 0 atom stereocenters. The predicted molar refractivity (Wildman–Crippen MR) is 75.4 cm³/mol. The summed E-state index contributed by atoms with van der Waals surface area (Å²) in [6, 6.07) is 4.42. The summed E-state index contributed by atoms with van der Waals surface area (Å²) in [4.78, 5) is 1.50. The minimum absolute atomic E-state index is 0.875. The Morgan fingerprint density at radius 2 is 2.00 bits per heavy atom. The van der Waals surface area contributed by atoms with E-state index in [1.807, 2.05) is 11.3 Å². The van der Waals surface area contributed by atoms with Crippen LogP contribution >= 0.6 is 33.9 Å². The highest BCUT2D eigenvalue weighted by atomic mass is 127. The van der Waals surface area contributed by atoms with Crippen molar-refractivity contribution in [2.75, 3.05) is 13.2 Å². The molecule has 1 nitrogen and oxygen atoms in total. The molecule has 1 radical (unpaired) electrons. The smallest absolute Gasteiger partial charge is 0.0656 e. The molecular formula is C12H18IOS. The van der Waals surface area contributed by atoms with Gasteiger partial charge in [-0.2, -0.15) is 0 Å². The number of ether oxygens (including phenoxy) is 1. The van der Waals surface area contributed by atoms with Crippen molar-refractivity contribution in [2.24, 2.45) is 0 Å². The van der Waals surface area contributed by atoms with E-state index in [0.29, 0.717) is 0 Å². The molecule has 0 aromatic carbocycles. The first-order valence-electron chi connectivity index (χ1n) is 5.44. The fourth-order valence-electron chi connectivity index (χ4n) is 1.30. The highest BCUT2D eigenvalue weighted by molar-refractivity contribution is 14.1. The maximum absolute atomic E-state index is 5.48. The van der Waals surface area contributed by atoms with Gasteiger partial charge in [-0.25, -0.2) is 0 Å². The van der Waals surface area contributed by atoms with Gasteiger partial charge in [0.1, 0.15) is 0 Å². The van der Waals surface area contributed by atoms with Crippen molar-refractivity contribution in [1.29, 1.82) is 0 Å². The normalized spacial score (nSPS) is 10.8. The Morgan fingerprint density at radius 1 is 1.20 bits per heavy atom. The number of thiophene rings is 1. The van der Waals surface area contributed by atoms with Crippen molar-refractivity contribution in [2.45, 2.75) is 32.1 Å². The van der Waals surface area contributed by atoms with Gasteiger partial charge in [-0.3, -0.25) is 0 Å². The monoisotopic (exact) mass is 337 g/mol. The molecule has 0 saturated heterocycles. The van der Waals surface area contributed by atoms with Gasteiger partial charge in [0.2, 0.25) is 0 Å². The average molecular weight is 337 g/mol. The van der Waals surface area contributed by atoms with Crippen LogP contribution in [0.1, 0.15) is 30.6 Å². The molecule has 0 aliphatic heterocycles. The zero-order chi connectivity index (χ0) is 10.9. The third-order valence-corrected chi connectivity index (χ3v) is 4.08. The predicted octanol–water partition coefficient (Wildman–Crippen LogP) is 4.31. The lowest BCUT2D eigenvalue weighted by atomic mass is 10.2. The molecule has 0 saturated carbocycles. The van der Waals surface area contributed by atoms with E-state index in [0.717, 1.165) is 26.1 Å². The van der Waals surface area contributed by atoms with Crippen LogP contribution in [0.15, 0.2) is 12.1 Å². The second kappa shape index (κ2) is 8.53. The molecule has 15 heavy (non-hydrogen) atoms. The molecule has 85 valence electrons. The van der Waals surface area contributed by atoms with Crippen molar-refractivity contribution in [3.63, 3.8) is 0 Å². The molecule has 1 heterocycles. The number of unbranched alkanes of at least 4 members (excludes halogenated alkanes) is 2. The Bertz CT molecular complexity index is 260. The van der Waals surface area contributed by atoms with Crippen LogP contribution in [-0.4, -0.2) is 13.2 Å². The van der Waals surface area contributed by atoms with Crippen molar-refractivity contribution in [3.05, 3.63) is 26.8 Å². The van der Waals surface area contributed by atoms with Gasteiger partial charge in [0.15, 0.2) is 0 Å². The highest BCUT2D eigenvalue weighted by Crippen LogP contribution is 2.19. The van der Waals surface area contributed by atoms with Crippen LogP contribution in [0.3, 0.4) is 0 Å². The Kier molecular flexibility index (Phi) is 7.65. The molecule has 0 spiro atoms. The van der Waals surface area contributed by atoms with Crippen LogP contribution in [0.5, 0.6) is 0 Å². The van der Waals surface area contributed by atoms with Crippen LogP contribution in [0.4, 0.5) is 0 Å². The summed E-state index contributed by atoms with van der Waals surface area (Å²) in [7, 11) is 0. The molecule has 0 unspecified atom stereocenters. The lowest BCUT2D eigenvalue weighted by molar-refractivity contribution is 0.128. The van der Waals surface area contributed by atoms with E-state index >= 15 is 0 Å². The fourth-order valence-corrected chi connectivity index (χ4v) is 3.09. The summed E-state index contributed by atoms with van der Waals surface area (Å²) in [6.07, 6.45) is 5.68. The van der Waals surface area contributed by atoms with Crippen molar-refractivity contribution >= 4 is 33.9 Å². The summed E-state index contributed by atoms with van der Waals surface area (Å²) >= 11 is 4.27. The standard InChI is InChI=1S/C12H18IOS/c1-2-3-9-14-10-5-4-6-11-7-8-12(13)15-11/h7-8H,1-6,9-10H2. The molecular weight excluding hydrogens is 319 g/mol.